The van der Waals surface area contributed by atoms with Crippen LogP contribution in [0.2, 0.25) is 0 Å². The maximum atomic E-state index is 13.1. The average Bonchev–Trinajstić information content (AvgIpc) is 2.88. The molecule has 164 valence electrons. The molecule has 1 heterocycles. The molecule has 0 bridgehead atoms. The van der Waals surface area contributed by atoms with E-state index in [4.69, 9.17) is 18.5 Å². The van der Waals surface area contributed by atoms with Crippen LogP contribution in [-0.2, 0) is 20.0 Å². The normalized spacial score (nSPS) is 15.6. The van der Waals surface area contributed by atoms with Crippen LogP contribution in [-0.4, -0.2) is 46.4 Å². The summed E-state index contributed by atoms with van der Waals surface area (Å²) in [5, 5.41) is 0. The van der Waals surface area contributed by atoms with Gasteiger partial charge in [-0.05, 0) is 47.6 Å². The highest BCUT2D eigenvalue weighted by Crippen LogP contribution is 2.56. The van der Waals surface area contributed by atoms with E-state index >= 15 is 0 Å². The minimum absolute atomic E-state index is 0.313. The van der Waals surface area contributed by atoms with Crippen molar-refractivity contribution in [2.45, 2.75) is 65.8 Å². The lowest BCUT2D eigenvalue weighted by Gasteiger charge is -2.30. The largest absolute Gasteiger partial charge is 0.483 e. The van der Waals surface area contributed by atoms with Crippen molar-refractivity contribution in [3.63, 3.8) is 0 Å². The number of hydrogen-bond acceptors (Lipinski definition) is 7. The minimum Gasteiger partial charge on any atom is -0.483 e. The van der Waals surface area contributed by atoms with E-state index in [2.05, 4.69) is 0 Å². The quantitative estimate of drug-likeness (QED) is 0.394. The predicted octanol–water partition coefficient (Wildman–Crippen LogP) is 5.28. The number of para-hydroxylation sites is 1. The summed E-state index contributed by atoms with van der Waals surface area (Å²) in [6.45, 7) is 11.0. The first kappa shape index (κ1) is 24.0. The van der Waals surface area contributed by atoms with Gasteiger partial charge in [-0.15, -0.1) is 4.08 Å². The van der Waals surface area contributed by atoms with Gasteiger partial charge < -0.3 is 9.47 Å². The Hall–Kier alpha value is -1.25. The molecular weight excluding hydrogens is 415 g/mol. The Balaban J connectivity index is 2.08. The van der Waals surface area contributed by atoms with Gasteiger partial charge in [-0.2, -0.15) is 0 Å². The SMILES string of the molecule is CC(C)OP(=O)(OC(C)C)N(C)SN(C)C(=O)Oc1cccc2c1OC(C)(C)C2. The van der Waals surface area contributed by atoms with E-state index in [1.807, 2.05) is 26.0 Å². The molecule has 29 heavy (non-hydrogen) atoms. The van der Waals surface area contributed by atoms with Gasteiger partial charge in [0.05, 0.1) is 24.3 Å². The molecule has 0 saturated carbocycles. The Morgan fingerprint density at radius 2 is 1.76 bits per heavy atom. The van der Waals surface area contributed by atoms with Crippen molar-refractivity contribution in [1.82, 2.24) is 8.38 Å². The maximum Gasteiger partial charge on any atom is 0.426 e. The van der Waals surface area contributed by atoms with Crippen LogP contribution in [0.1, 0.15) is 47.1 Å². The second kappa shape index (κ2) is 9.27. The van der Waals surface area contributed by atoms with E-state index < -0.39 is 13.8 Å². The van der Waals surface area contributed by atoms with Crippen LogP contribution in [0.3, 0.4) is 0 Å². The second-order valence-electron chi connectivity index (χ2n) is 7.97. The van der Waals surface area contributed by atoms with E-state index in [1.165, 1.54) is 15.4 Å². The highest BCUT2D eigenvalue weighted by Gasteiger charge is 2.37. The Morgan fingerprint density at radius 1 is 1.17 bits per heavy atom. The number of fused-ring (bicyclic) bond motifs is 1. The summed E-state index contributed by atoms with van der Waals surface area (Å²) < 4.78 is 38.2. The molecule has 1 aliphatic rings. The van der Waals surface area contributed by atoms with E-state index in [0.717, 1.165) is 24.1 Å². The molecule has 0 fully saturated rings. The van der Waals surface area contributed by atoms with Gasteiger partial charge in [0.2, 0.25) is 0 Å². The number of hydrogen-bond donors (Lipinski definition) is 0. The number of ether oxygens (including phenoxy) is 2. The monoisotopic (exact) mass is 446 g/mol. The van der Waals surface area contributed by atoms with Crippen molar-refractivity contribution >= 4 is 26.0 Å². The zero-order valence-corrected chi connectivity index (χ0v) is 20.0. The van der Waals surface area contributed by atoms with Gasteiger partial charge in [0.1, 0.15) is 5.60 Å². The summed E-state index contributed by atoms with van der Waals surface area (Å²) >= 11 is 0.889. The molecule has 2 rings (SSSR count). The molecule has 1 aliphatic heterocycles. The molecule has 0 spiro atoms. The third-order valence-electron chi connectivity index (χ3n) is 3.78. The molecule has 0 atom stereocenters. The summed E-state index contributed by atoms with van der Waals surface area (Å²) in [4.78, 5) is 12.6. The highest BCUT2D eigenvalue weighted by atomic mass is 32.2. The first-order valence-corrected chi connectivity index (χ1v) is 11.7. The summed E-state index contributed by atoms with van der Waals surface area (Å²) in [7, 11) is -0.539. The van der Waals surface area contributed by atoms with Gasteiger partial charge in [-0.3, -0.25) is 9.05 Å². The maximum absolute atomic E-state index is 13.1. The van der Waals surface area contributed by atoms with Gasteiger partial charge in [-0.1, -0.05) is 12.1 Å². The number of rotatable bonds is 8. The van der Waals surface area contributed by atoms with Crippen molar-refractivity contribution in [2.24, 2.45) is 0 Å². The topological polar surface area (TPSA) is 77.5 Å². The van der Waals surface area contributed by atoms with Crippen LogP contribution >= 0.6 is 19.9 Å². The zero-order valence-electron chi connectivity index (χ0n) is 18.3. The summed E-state index contributed by atoms with van der Waals surface area (Å²) in [6.07, 6.45) is -0.521. The van der Waals surface area contributed by atoms with E-state index in [9.17, 15) is 9.36 Å². The van der Waals surface area contributed by atoms with Crippen molar-refractivity contribution in [3.05, 3.63) is 23.8 Å². The molecule has 0 radical (unpaired) electrons. The Labute approximate surface area is 177 Å². The van der Waals surface area contributed by atoms with Crippen molar-refractivity contribution in [3.8, 4) is 11.5 Å². The summed E-state index contributed by atoms with van der Waals surface area (Å²) in [5.41, 5.74) is 0.647. The third kappa shape index (κ3) is 6.36. The molecule has 0 N–H and O–H groups in total. The van der Waals surface area contributed by atoms with Gasteiger partial charge in [0.25, 0.3) is 0 Å². The second-order valence-corrected chi connectivity index (χ2v) is 11.5. The molecule has 8 nitrogen and oxygen atoms in total. The van der Waals surface area contributed by atoms with Gasteiger partial charge in [0, 0.05) is 26.1 Å². The standard InChI is InChI=1S/C19H31N2O6PS/c1-13(2)26-28(23,27-14(3)4)21(8)29-20(7)18(22)24-16-11-9-10-15-12-19(5,6)25-17(15)16/h9-11,13-14H,12H2,1-8H3. The Morgan fingerprint density at radius 3 is 2.31 bits per heavy atom. The van der Waals surface area contributed by atoms with Gasteiger partial charge >= 0.3 is 13.8 Å². The molecule has 1 aromatic rings. The van der Waals surface area contributed by atoms with Crippen molar-refractivity contribution in [2.75, 3.05) is 14.1 Å². The van der Waals surface area contributed by atoms with Crippen LogP contribution in [0.5, 0.6) is 11.5 Å². The van der Waals surface area contributed by atoms with Crippen LogP contribution < -0.4 is 9.47 Å². The fraction of sp³-hybridized carbons (Fsp3) is 0.632. The van der Waals surface area contributed by atoms with Crippen LogP contribution in [0.15, 0.2) is 18.2 Å². The number of nitrogens with zero attached hydrogens (tertiary/aromatic N) is 2. The molecule has 1 aromatic carbocycles. The van der Waals surface area contributed by atoms with Gasteiger partial charge in [-0.25, -0.2) is 13.7 Å². The van der Waals surface area contributed by atoms with E-state index in [-0.39, 0.29) is 17.8 Å². The third-order valence-corrected chi connectivity index (χ3v) is 7.30. The number of amides is 1. The summed E-state index contributed by atoms with van der Waals surface area (Å²) in [6, 6.07) is 5.47. The van der Waals surface area contributed by atoms with E-state index in [1.54, 1.807) is 40.8 Å². The first-order chi connectivity index (χ1) is 13.3. The van der Waals surface area contributed by atoms with Crippen molar-refractivity contribution in [1.29, 1.82) is 0 Å². The van der Waals surface area contributed by atoms with Crippen molar-refractivity contribution < 1.29 is 27.9 Å². The summed E-state index contributed by atoms with van der Waals surface area (Å²) in [5.74, 6) is 0.933. The number of carbonyl (C=O) groups excluding carboxylic acids is 1. The fourth-order valence-electron chi connectivity index (χ4n) is 2.77. The predicted molar refractivity (Wildman–Crippen MR) is 114 cm³/mol. The van der Waals surface area contributed by atoms with Crippen LogP contribution in [0, 0.1) is 0 Å². The lowest BCUT2D eigenvalue weighted by Crippen LogP contribution is -2.29. The molecular formula is C19H31N2O6PS. The lowest BCUT2D eigenvalue weighted by atomic mass is 10.0. The highest BCUT2D eigenvalue weighted by molar-refractivity contribution is 7.99. The molecule has 0 saturated heterocycles. The van der Waals surface area contributed by atoms with Gasteiger partial charge in [0.15, 0.2) is 11.5 Å². The van der Waals surface area contributed by atoms with Crippen LogP contribution in [0.4, 0.5) is 4.79 Å². The first-order valence-electron chi connectivity index (χ1n) is 9.48. The van der Waals surface area contributed by atoms with Crippen LogP contribution in [0.25, 0.3) is 0 Å². The lowest BCUT2D eigenvalue weighted by molar-refractivity contribution is 0.125. The molecule has 0 aromatic heterocycles. The zero-order chi connectivity index (χ0) is 22.0. The fourth-order valence-corrected chi connectivity index (χ4v) is 5.53. The Bertz CT molecular complexity index is 772. The number of carbonyl (C=O) groups is 1. The minimum atomic E-state index is -3.61. The molecule has 0 unspecified atom stereocenters. The van der Waals surface area contributed by atoms with E-state index in [0.29, 0.717) is 11.5 Å². The Kier molecular flexibility index (Phi) is 7.68. The average molecular weight is 447 g/mol. The number of benzene rings is 1. The smallest absolute Gasteiger partial charge is 0.426 e. The molecule has 10 heteroatoms. The molecule has 0 aliphatic carbocycles. The molecule has 1 amide bonds.